The molecule has 3 rings (SSSR count). The number of anilines is 1. The van der Waals surface area contributed by atoms with Gasteiger partial charge in [0.15, 0.2) is 0 Å². The Morgan fingerprint density at radius 1 is 1.22 bits per heavy atom. The fraction of sp³-hybridized carbons (Fsp3) is 0.300. The van der Waals surface area contributed by atoms with Gasteiger partial charge >= 0.3 is 0 Å². The van der Waals surface area contributed by atoms with E-state index in [1.807, 2.05) is 6.07 Å². The normalized spacial score (nSPS) is 15.0. The fourth-order valence-corrected chi connectivity index (χ4v) is 3.38. The highest BCUT2D eigenvalue weighted by atomic mass is 35.5. The molecule has 0 radical (unpaired) electrons. The summed E-state index contributed by atoms with van der Waals surface area (Å²) in [6.45, 7) is 0. The SMILES string of the molecule is N#CC1(NC(=O)c2cc(NC(=O)Cc3ccccc3Cl)ccn2)CCCC1. The smallest absolute Gasteiger partial charge is 0.271 e. The molecule has 0 atom stereocenters. The van der Waals surface area contributed by atoms with E-state index in [-0.39, 0.29) is 18.0 Å². The molecule has 1 aliphatic carbocycles. The van der Waals surface area contributed by atoms with E-state index in [2.05, 4.69) is 21.7 Å². The standard InChI is InChI=1S/C20H19ClN4O2/c21-16-6-2-1-5-14(16)11-18(26)24-15-7-10-23-17(12-15)19(27)25-20(13-22)8-3-4-9-20/h1-2,5-7,10,12H,3-4,8-9,11H2,(H,25,27)(H,23,24,26). The Balaban J connectivity index is 1.66. The second-order valence-corrected chi connectivity index (χ2v) is 7.01. The summed E-state index contributed by atoms with van der Waals surface area (Å²) in [5.41, 5.74) is 0.528. The van der Waals surface area contributed by atoms with Crippen LogP contribution in [0.15, 0.2) is 42.6 Å². The summed E-state index contributed by atoms with van der Waals surface area (Å²) in [6.07, 6.45) is 4.70. The largest absolute Gasteiger partial charge is 0.332 e. The molecule has 6 nitrogen and oxygen atoms in total. The number of carbonyl (C=O) groups is 2. The number of nitriles is 1. The number of aromatic nitrogens is 1. The first-order valence-corrected chi connectivity index (χ1v) is 9.12. The van der Waals surface area contributed by atoms with Crippen molar-refractivity contribution in [1.82, 2.24) is 10.3 Å². The molecule has 0 saturated heterocycles. The second-order valence-electron chi connectivity index (χ2n) is 6.60. The Hall–Kier alpha value is -2.91. The van der Waals surface area contributed by atoms with Gasteiger partial charge in [-0.2, -0.15) is 5.26 Å². The molecule has 1 fully saturated rings. The van der Waals surface area contributed by atoms with Crippen LogP contribution in [0.4, 0.5) is 5.69 Å². The average molecular weight is 383 g/mol. The summed E-state index contributed by atoms with van der Waals surface area (Å²) in [5, 5.41) is 15.5. The maximum Gasteiger partial charge on any atom is 0.271 e. The van der Waals surface area contributed by atoms with E-state index < -0.39 is 11.4 Å². The van der Waals surface area contributed by atoms with E-state index in [0.717, 1.165) is 18.4 Å². The summed E-state index contributed by atoms with van der Waals surface area (Å²) in [6, 6.07) is 12.5. The van der Waals surface area contributed by atoms with Crippen molar-refractivity contribution in [1.29, 1.82) is 5.26 Å². The summed E-state index contributed by atoms with van der Waals surface area (Å²) in [5.74, 6) is -0.661. The van der Waals surface area contributed by atoms with Crippen molar-refractivity contribution >= 4 is 29.1 Å². The molecule has 0 aliphatic heterocycles. The van der Waals surface area contributed by atoms with Gasteiger partial charge in [0.25, 0.3) is 5.91 Å². The zero-order valence-electron chi connectivity index (χ0n) is 14.7. The Bertz CT molecular complexity index is 901. The number of nitrogens with one attached hydrogen (secondary N) is 2. The topological polar surface area (TPSA) is 94.9 Å². The van der Waals surface area contributed by atoms with E-state index in [0.29, 0.717) is 23.6 Å². The molecule has 2 aromatic rings. The van der Waals surface area contributed by atoms with Gasteiger partial charge in [0, 0.05) is 16.9 Å². The van der Waals surface area contributed by atoms with Crippen molar-refractivity contribution < 1.29 is 9.59 Å². The number of benzene rings is 1. The average Bonchev–Trinajstić information content (AvgIpc) is 3.13. The van der Waals surface area contributed by atoms with E-state index in [4.69, 9.17) is 11.6 Å². The first-order chi connectivity index (χ1) is 13.0. The lowest BCUT2D eigenvalue weighted by Gasteiger charge is -2.21. The van der Waals surface area contributed by atoms with Crippen molar-refractivity contribution in [3.63, 3.8) is 0 Å². The van der Waals surface area contributed by atoms with Crippen LogP contribution in [0, 0.1) is 11.3 Å². The molecule has 7 heteroatoms. The fourth-order valence-electron chi connectivity index (χ4n) is 3.18. The summed E-state index contributed by atoms with van der Waals surface area (Å²) in [7, 11) is 0. The number of carbonyl (C=O) groups excluding carboxylic acids is 2. The zero-order valence-corrected chi connectivity index (χ0v) is 15.4. The van der Waals surface area contributed by atoms with Crippen molar-refractivity contribution in [2.45, 2.75) is 37.6 Å². The molecule has 0 spiro atoms. The third-order valence-corrected chi connectivity index (χ3v) is 4.98. The number of halogens is 1. The summed E-state index contributed by atoms with van der Waals surface area (Å²) in [4.78, 5) is 28.8. The number of nitrogens with zero attached hydrogens (tertiary/aromatic N) is 2. The summed E-state index contributed by atoms with van der Waals surface area (Å²) >= 11 is 6.08. The Labute approximate surface area is 162 Å². The molecule has 1 aromatic heterocycles. The number of hydrogen-bond acceptors (Lipinski definition) is 4. The van der Waals surface area contributed by atoms with Crippen LogP contribution >= 0.6 is 11.6 Å². The van der Waals surface area contributed by atoms with Gasteiger partial charge in [-0.1, -0.05) is 29.8 Å². The van der Waals surface area contributed by atoms with Gasteiger partial charge in [0.05, 0.1) is 12.5 Å². The third-order valence-electron chi connectivity index (χ3n) is 4.61. The van der Waals surface area contributed by atoms with Crippen molar-refractivity contribution in [2.75, 3.05) is 5.32 Å². The lowest BCUT2D eigenvalue weighted by atomic mass is 9.99. The van der Waals surface area contributed by atoms with E-state index in [9.17, 15) is 14.9 Å². The first-order valence-electron chi connectivity index (χ1n) is 8.74. The van der Waals surface area contributed by atoms with Crippen molar-refractivity contribution in [3.05, 3.63) is 58.9 Å². The van der Waals surface area contributed by atoms with Crippen LogP contribution < -0.4 is 10.6 Å². The minimum Gasteiger partial charge on any atom is -0.332 e. The van der Waals surface area contributed by atoms with Crippen molar-refractivity contribution in [2.24, 2.45) is 0 Å². The molecular weight excluding hydrogens is 364 g/mol. The number of hydrogen-bond donors (Lipinski definition) is 2. The van der Waals surface area contributed by atoms with Crippen LogP contribution in [0.1, 0.15) is 41.7 Å². The van der Waals surface area contributed by atoms with Crippen LogP contribution in [0.2, 0.25) is 5.02 Å². The van der Waals surface area contributed by atoms with E-state index in [1.54, 1.807) is 24.3 Å². The molecular formula is C20H19ClN4O2. The molecule has 0 unspecified atom stereocenters. The zero-order chi connectivity index (χ0) is 19.3. The van der Waals surface area contributed by atoms with Crippen LogP contribution in [-0.2, 0) is 11.2 Å². The molecule has 2 N–H and O–H groups in total. The maximum absolute atomic E-state index is 12.5. The second kappa shape index (κ2) is 8.19. The highest BCUT2D eigenvalue weighted by Gasteiger charge is 2.35. The monoisotopic (exact) mass is 382 g/mol. The third kappa shape index (κ3) is 4.63. The molecule has 1 aliphatic rings. The Kier molecular flexibility index (Phi) is 5.72. The first kappa shape index (κ1) is 18.9. The van der Waals surface area contributed by atoms with E-state index in [1.165, 1.54) is 12.3 Å². The quantitative estimate of drug-likeness (QED) is 0.827. The molecule has 2 amide bonds. The molecule has 1 aromatic carbocycles. The molecule has 27 heavy (non-hydrogen) atoms. The lowest BCUT2D eigenvalue weighted by molar-refractivity contribution is -0.115. The highest BCUT2D eigenvalue weighted by molar-refractivity contribution is 6.31. The van der Waals surface area contributed by atoms with Gasteiger partial charge < -0.3 is 10.6 Å². The lowest BCUT2D eigenvalue weighted by Crippen LogP contribution is -2.45. The van der Waals surface area contributed by atoms with E-state index >= 15 is 0 Å². The van der Waals surface area contributed by atoms with Crippen LogP contribution in [0.3, 0.4) is 0 Å². The van der Waals surface area contributed by atoms with Gasteiger partial charge in [0.2, 0.25) is 5.91 Å². The minimum atomic E-state index is -0.817. The van der Waals surface area contributed by atoms with Gasteiger partial charge in [-0.15, -0.1) is 0 Å². The van der Waals surface area contributed by atoms with Gasteiger partial charge in [-0.25, -0.2) is 0 Å². The Morgan fingerprint density at radius 3 is 2.67 bits per heavy atom. The van der Waals surface area contributed by atoms with Crippen LogP contribution in [-0.4, -0.2) is 22.3 Å². The number of rotatable bonds is 5. The molecule has 0 bridgehead atoms. The van der Waals surface area contributed by atoms with Gasteiger partial charge in [0.1, 0.15) is 11.2 Å². The predicted octanol–water partition coefficient (Wildman–Crippen LogP) is 3.48. The summed E-state index contributed by atoms with van der Waals surface area (Å²) < 4.78 is 0. The van der Waals surface area contributed by atoms with Crippen molar-refractivity contribution in [3.8, 4) is 6.07 Å². The van der Waals surface area contributed by atoms with Gasteiger partial charge in [-0.05, 0) is 49.4 Å². The number of amides is 2. The van der Waals surface area contributed by atoms with Gasteiger partial charge in [-0.3, -0.25) is 14.6 Å². The highest BCUT2D eigenvalue weighted by Crippen LogP contribution is 2.29. The molecule has 138 valence electrons. The van der Waals surface area contributed by atoms with Crippen LogP contribution in [0.25, 0.3) is 0 Å². The van der Waals surface area contributed by atoms with Crippen LogP contribution in [0.5, 0.6) is 0 Å². The minimum absolute atomic E-state index is 0.126. The molecule has 1 heterocycles. The molecule has 1 saturated carbocycles. The predicted molar refractivity (Wildman–Crippen MR) is 102 cm³/mol. The Morgan fingerprint density at radius 2 is 1.96 bits per heavy atom. The maximum atomic E-state index is 12.5. The number of pyridine rings is 1.